The average molecular weight is 298 g/mol. The number of ether oxygens (including phenoxy) is 1. The van der Waals surface area contributed by atoms with Gasteiger partial charge in [-0.15, -0.1) is 0 Å². The molecule has 6 heteroatoms. The molecule has 1 fully saturated rings. The lowest BCUT2D eigenvalue weighted by atomic mass is 10.3. The van der Waals surface area contributed by atoms with E-state index in [1.165, 1.54) is 19.2 Å². The van der Waals surface area contributed by atoms with Crippen LogP contribution in [0.25, 0.3) is 0 Å². The van der Waals surface area contributed by atoms with Gasteiger partial charge in [0, 0.05) is 19.2 Å². The van der Waals surface area contributed by atoms with Gasteiger partial charge in [-0.2, -0.15) is 0 Å². The predicted molar refractivity (Wildman–Crippen MR) is 84.0 cm³/mol. The number of carbonyl (C=O) groups is 1. The number of para-hydroxylation sites is 1. The van der Waals surface area contributed by atoms with Crippen LogP contribution in [-0.2, 0) is 4.79 Å². The summed E-state index contributed by atoms with van der Waals surface area (Å²) in [5, 5.41) is 2.73. The third-order valence-corrected chi connectivity index (χ3v) is 3.46. The highest BCUT2D eigenvalue weighted by molar-refractivity contribution is 5.91. The van der Waals surface area contributed by atoms with Crippen molar-refractivity contribution in [2.45, 2.75) is 12.8 Å². The van der Waals surface area contributed by atoms with Gasteiger partial charge < -0.3 is 15.0 Å². The van der Waals surface area contributed by atoms with E-state index in [1.807, 2.05) is 30.3 Å². The highest BCUT2D eigenvalue weighted by Gasteiger charge is 2.14. The van der Waals surface area contributed by atoms with Crippen molar-refractivity contribution in [3.05, 3.63) is 42.7 Å². The molecule has 0 spiro atoms. The standard InChI is InChI=1S/C16H18N4O2/c21-16(11-22-13-6-2-1-3-7-13)19-14-10-15(18-12-17-14)20-8-4-5-9-20/h1-3,6-7,10,12H,4-5,8-9,11H2,(H,17,18,19,21). The third kappa shape index (κ3) is 3.72. The van der Waals surface area contributed by atoms with E-state index < -0.39 is 0 Å². The Morgan fingerprint density at radius 2 is 1.95 bits per heavy atom. The molecular weight excluding hydrogens is 280 g/mol. The summed E-state index contributed by atoms with van der Waals surface area (Å²) in [6.07, 6.45) is 3.83. The van der Waals surface area contributed by atoms with E-state index in [0.717, 1.165) is 18.9 Å². The van der Waals surface area contributed by atoms with E-state index in [0.29, 0.717) is 11.6 Å². The fourth-order valence-corrected chi connectivity index (χ4v) is 2.38. The van der Waals surface area contributed by atoms with E-state index >= 15 is 0 Å². The summed E-state index contributed by atoms with van der Waals surface area (Å²) in [5.74, 6) is 1.78. The summed E-state index contributed by atoms with van der Waals surface area (Å²) in [5.41, 5.74) is 0. The van der Waals surface area contributed by atoms with Gasteiger partial charge in [-0.1, -0.05) is 18.2 Å². The minimum Gasteiger partial charge on any atom is -0.484 e. The van der Waals surface area contributed by atoms with Gasteiger partial charge in [-0.25, -0.2) is 9.97 Å². The smallest absolute Gasteiger partial charge is 0.263 e. The number of aromatic nitrogens is 2. The van der Waals surface area contributed by atoms with Crippen LogP contribution in [0.15, 0.2) is 42.7 Å². The molecule has 0 saturated carbocycles. The van der Waals surface area contributed by atoms with E-state index in [1.54, 1.807) is 6.07 Å². The average Bonchev–Trinajstić information content (AvgIpc) is 3.09. The SMILES string of the molecule is O=C(COc1ccccc1)Nc1cc(N2CCCC2)ncn1. The Hall–Kier alpha value is -2.63. The predicted octanol–water partition coefficient (Wildman–Crippen LogP) is 2.09. The second kappa shape index (κ2) is 6.89. The van der Waals surface area contributed by atoms with E-state index in [2.05, 4.69) is 20.2 Å². The summed E-state index contributed by atoms with van der Waals surface area (Å²) in [4.78, 5) is 22.4. The molecule has 1 N–H and O–H groups in total. The van der Waals surface area contributed by atoms with Gasteiger partial charge in [0.15, 0.2) is 6.61 Å². The second-order valence-electron chi connectivity index (χ2n) is 5.11. The highest BCUT2D eigenvalue weighted by Crippen LogP contribution is 2.19. The van der Waals surface area contributed by atoms with Crippen molar-refractivity contribution < 1.29 is 9.53 Å². The molecule has 1 amide bonds. The molecule has 2 aromatic rings. The summed E-state index contributed by atoms with van der Waals surface area (Å²) >= 11 is 0. The van der Waals surface area contributed by atoms with Crippen LogP contribution in [0.4, 0.5) is 11.6 Å². The van der Waals surface area contributed by atoms with Gasteiger partial charge >= 0.3 is 0 Å². The molecule has 3 rings (SSSR count). The lowest BCUT2D eigenvalue weighted by Crippen LogP contribution is -2.22. The molecule has 1 aromatic heterocycles. The van der Waals surface area contributed by atoms with Crippen LogP contribution in [-0.4, -0.2) is 35.6 Å². The highest BCUT2D eigenvalue weighted by atomic mass is 16.5. The Kier molecular flexibility index (Phi) is 4.48. The largest absolute Gasteiger partial charge is 0.484 e. The van der Waals surface area contributed by atoms with Gasteiger partial charge in [0.2, 0.25) is 0 Å². The fourth-order valence-electron chi connectivity index (χ4n) is 2.38. The maximum atomic E-state index is 11.9. The van der Waals surface area contributed by atoms with Gasteiger partial charge in [-0.05, 0) is 25.0 Å². The molecule has 0 radical (unpaired) electrons. The normalized spacial score (nSPS) is 13.9. The van der Waals surface area contributed by atoms with E-state index in [4.69, 9.17) is 4.74 Å². The molecule has 2 heterocycles. The number of anilines is 2. The minimum atomic E-state index is -0.241. The monoisotopic (exact) mass is 298 g/mol. The lowest BCUT2D eigenvalue weighted by molar-refractivity contribution is -0.118. The Morgan fingerprint density at radius 1 is 1.18 bits per heavy atom. The topological polar surface area (TPSA) is 67.3 Å². The first kappa shape index (κ1) is 14.3. The molecule has 1 aliphatic heterocycles. The first-order chi connectivity index (χ1) is 10.8. The second-order valence-corrected chi connectivity index (χ2v) is 5.11. The first-order valence-corrected chi connectivity index (χ1v) is 7.36. The number of hydrogen-bond acceptors (Lipinski definition) is 5. The van der Waals surface area contributed by atoms with Gasteiger partial charge in [0.05, 0.1) is 0 Å². The van der Waals surface area contributed by atoms with Gasteiger partial charge in [0.25, 0.3) is 5.91 Å². The van der Waals surface area contributed by atoms with Crippen LogP contribution in [0.5, 0.6) is 5.75 Å². The zero-order valence-corrected chi connectivity index (χ0v) is 12.2. The third-order valence-electron chi connectivity index (χ3n) is 3.46. The number of hydrogen-bond donors (Lipinski definition) is 1. The van der Waals surface area contributed by atoms with Crippen molar-refractivity contribution in [2.24, 2.45) is 0 Å². The Bertz CT molecular complexity index is 627. The van der Waals surface area contributed by atoms with Crippen molar-refractivity contribution in [3.63, 3.8) is 0 Å². The lowest BCUT2D eigenvalue weighted by Gasteiger charge is -2.16. The van der Waals surface area contributed by atoms with Crippen molar-refractivity contribution >= 4 is 17.5 Å². The molecule has 0 bridgehead atoms. The number of amides is 1. The zero-order valence-electron chi connectivity index (χ0n) is 12.2. The molecule has 0 atom stereocenters. The molecule has 1 saturated heterocycles. The molecular formula is C16H18N4O2. The number of benzene rings is 1. The summed E-state index contributed by atoms with van der Waals surface area (Å²) < 4.78 is 5.40. The molecule has 0 aliphatic carbocycles. The van der Waals surface area contributed by atoms with Gasteiger partial charge in [0.1, 0.15) is 23.7 Å². The van der Waals surface area contributed by atoms with Crippen LogP contribution >= 0.6 is 0 Å². The Balaban J connectivity index is 1.56. The van der Waals surface area contributed by atoms with Crippen LogP contribution in [0.2, 0.25) is 0 Å². The summed E-state index contributed by atoms with van der Waals surface area (Å²) in [6, 6.07) is 11.0. The number of carbonyl (C=O) groups excluding carboxylic acids is 1. The molecule has 1 aromatic carbocycles. The minimum absolute atomic E-state index is 0.0485. The first-order valence-electron chi connectivity index (χ1n) is 7.36. The fraction of sp³-hybridized carbons (Fsp3) is 0.312. The van der Waals surface area contributed by atoms with Crippen molar-refractivity contribution in [1.29, 1.82) is 0 Å². The zero-order chi connectivity index (χ0) is 15.2. The van der Waals surface area contributed by atoms with Crippen molar-refractivity contribution in [1.82, 2.24) is 9.97 Å². The van der Waals surface area contributed by atoms with Crippen LogP contribution in [0.3, 0.4) is 0 Å². The molecule has 22 heavy (non-hydrogen) atoms. The van der Waals surface area contributed by atoms with Crippen molar-refractivity contribution in [2.75, 3.05) is 29.9 Å². The van der Waals surface area contributed by atoms with Gasteiger partial charge in [-0.3, -0.25) is 4.79 Å². The molecule has 1 aliphatic rings. The maximum Gasteiger partial charge on any atom is 0.263 e. The van der Waals surface area contributed by atoms with Crippen LogP contribution in [0, 0.1) is 0 Å². The number of nitrogens with zero attached hydrogens (tertiary/aromatic N) is 3. The molecule has 0 unspecified atom stereocenters. The van der Waals surface area contributed by atoms with E-state index in [-0.39, 0.29) is 12.5 Å². The number of nitrogens with one attached hydrogen (secondary N) is 1. The number of rotatable bonds is 5. The quantitative estimate of drug-likeness (QED) is 0.915. The Labute approximate surface area is 129 Å². The van der Waals surface area contributed by atoms with Crippen LogP contribution in [0.1, 0.15) is 12.8 Å². The summed E-state index contributed by atoms with van der Waals surface area (Å²) in [6.45, 7) is 1.95. The van der Waals surface area contributed by atoms with Crippen molar-refractivity contribution in [3.8, 4) is 5.75 Å². The van der Waals surface area contributed by atoms with Crippen LogP contribution < -0.4 is 15.0 Å². The molecule has 6 nitrogen and oxygen atoms in total. The maximum absolute atomic E-state index is 11.9. The summed E-state index contributed by atoms with van der Waals surface area (Å²) in [7, 11) is 0. The Morgan fingerprint density at radius 3 is 2.73 bits per heavy atom. The molecule has 114 valence electrons. The van der Waals surface area contributed by atoms with E-state index in [9.17, 15) is 4.79 Å².